The van der Waals surface area contributed by atoms with Crippen LogP contribution < -0.4 is 18.9 Å². The lowest BCUT2D eigenvalue weighted by Crippen LogP contribution is -2.34. The molecule has 3 aromatic rings. The highest BCUT2D eigenvalue weighted by Gasteiger charge is 2.37. The third-order valence-electron chi connectivity index (χ3n) is 5.75. The van der Waals surface area contributed by atoms with Crippen molar-refractivity contribution in [1.29, 1.82) is 0 Å². The second kappa shape index (κ2) is 9.53. The summed E-state index contributed by atoms with van der Waals surface area (Å²) in [6.07, 6.45) is -2.20. The Balaban J connectivity index is 1.75. The van der Waals surface area contributed by atoms with E-state index in [0.29, 0.717) is 0 Å². The van der Waals surface area contributed by atoms with Crippen molar-refractivity contribution in [3.05, 3.63) is 53.1 Å². The summed E-state index contributed by atoms with van der Waals surface area (Å²) in [7, 11) is 4.22. The number of hydrogen-bond donors (Lipinski definition) is 5. The molecule has 36 heavy (non-hydrogen) atoms. The van der Waals surface area contributed by atoms with Crippen LogP contribution in [0.25, 0.3) is 0 Å². The largest absolute Gasteiger partial charge is 0.508 e. The first-order chi connectivity index (χ1) is 17.2. The zero-order chi connectivity index (χ0) is 26.1. The third kappa shape index (κ3) is 4.38. The van der Waals surface area contributed by atoms with Gasteiger partial charge in [-0.15, -0.1) is 0 Å². The number of phenolic OH excluding ortho intramolecular Hbond substituents is 5. The Labute approximate surface area is 205 Å². The van der Waals surface area contributed by atoms with Gasteiger partial charge in [-0.1, -0.05) is 0 Å². The predicted molar refractivity (Wildman–Crippen MR) is 124 cm³/mol. The Bertz CT molecular complexity index is 1270. The van der Waals surface area contributed by atoms with E-state index in [9.17, 15) is 30.3 Å². The first-order valence-corrected chi connectivity index (χ1v) is 10.6. The molecule has 0 amide bonds. The van der Waals surface area contributed by atoms with Crippen LogP contribution in [0, 0.1) is 0 Å². The summed E-state index contributed by atoms with van der Waals surface area (Å²) < 4.78 is 27.5. The van der Waals surface area contributed by atoms with E-state index in [0.717, 1.165) is 18.2 Å². The molecule has 0 spiro atoms. The van der Waals surface area contributed by atoms with Crippen LogP contribution in [0.1, 0.15) is 27.6 Å². The predicted octanol–water partition coefficient (Wildman–Crippen LogP) is 3.14. The number of fused-ring (bicyclic) bond motifs is 1. The van der Waals surface area contributed by atoms with Crippen molar-refractivity contribution in [2.45, 2.75) is 18.6 Å². The van der Waals surface area contributed by atoms with E-state index >= 15 is 0 Å². The lowest BCUT2D eigenvalue weighted by molar-refractivity contribution is -0.0189. The number of ether oxygens (including phenoxy) is 5. The van der Waals surface area contributed by atoms with Crippen molar-refractivity contribution in [1.82, 2.24) is 0 Å². The molecule has 0 aliphatic carbocycles. The van der Waals surface area contributed by atoms with Gasteiger partial charge in [0.15, 0.2) is 34.9 Å². The second-order valence-corrected chi connectivity index (χ2v) is 7.95. The molecule has 0 fully saturated rings. The molecule has 5 N–H and O–H groups in total. The fraction of sp³-hybridized carbons (Fsp3) is 0.240. The molecule has 0 saturated carbocycles. The molecule has 11 nitrogen and oxygen atoms in total. The SMILES string of the molecule is COc1cc(C(=O)O[C@@H]2Cc3c(O)cc(O)cc3O[C@H]2c2cc(O)c(O)c(O)c2)cc(OC)c1OC. The maximum absolute atomic E-state index is 13.2. The molecule has 0 aromatic heterocycles. The minimum atomic E-state index is -1.10. The number of hydrogen-bond acceptors (Lipinski definition) is 11. The molecular formula is C25H24O11. The van der Waals surface area contributed by atoms with E-state index in [1.165, 1.54) is 39.5 Å². The van der Waals surface area contributed by atoms with Gasteiger partial charge in [0, 0.05) is 29.7 Å². The number of phenols is 5. The smallest absolute Gasteiger partial charge is 0.338 e. The minimum Gasteiger partial charge on any atom is -0.508 e. The highest BCUT2D eigenvalue weighted by Crippen LogP contribution is 2.46. The van der Waals surface area contributed by atoms with Gasteiger partial charge in [0.05, 0.1) is 26.9 Å². The third-order valence-corrected chi connectivity index (χ3v) is 5.75. The van der Waals surface area contributed by atoms with Crippen LogP contribution in [-0.4, -0.2) is 58.9 Å². The average Bonchev–Trinajstić information content (AvgIpc) is 2.85. The maximum Gasteiger partial charge on any atom is 0.338 e. The van der Waals surface area contributed by atoms with Crippen molar-refractivity contribution in [2.24, 2.45) is 0 Å². The van der Waals surface area contributed by atoms with Gasteiger partial charge in [-0.3, -0.25) is 0 Å². The summed E-state index contributed by atoms with van der Waals surface area (Å²) in [5, 5.41) is 50.0. The topological polar surface area (TPSA) is 164 Å². The normalized spacial score (nSPS) is 16.4. The summed E-state index contributed by atoms with van der Waals surface area (Å²) in [5.41, 5.74) is 0.512. The zero-order valence-electron chi connectivity index (χ0n) is 19.5. The summed E-state index contributed by atoms with van der Waals surface area (Å²) in [6.45, 7) is 0. The van der Waals surface area contributed by atoms with E-state index in [-0.39, 0.29) is 57.6 Å². The van der Waals surface area contributed by atoms with Crippen molar-refractivity contribution in [3.63, 3.8) is 0 Å². The second-order valence-electron chi connectivity index (χ2n) is 7.95. The molecule has 2 atom stereocenters. The number of esters is 1. The summed E-state index contributed by atoms with van der Waals surface area (Å²) >= 11 is 0. The zero-order valence-corrected chi connectivity index (χ0v) is 19.5. The van der Waals surface area contributed by atoms with Crippen LogP contribution in [-0.2, 0) is 11.2 Å². The summed E-state index contributed by atoms with van der Waals surface area (Å²) in [6, 6.07) is 7.51. The highest BCUT2D eigenvalue weighted by molar-refractivity contribution is 5.91. The first-order valence-electron chi connectivity index (χ1n) is 10.6. The number of rotatable bonds is 6. The molecule has 4 rings (SSSR count). The molecule has 0 radical (unpaired) electrons. The Morgan fingerprint density at radius 3 is 2.00 bits per heavy atom. The van der Waals surface area contributed by atoms with E-state index in [1.54, 1.807) is 0 Å². The van der Waals surface area contributed by atoms with Gasteiger partial charge < -0.3 is 49.2 Å². The van der Waals surface area contributed by atoms with Gasteiger partial charge >= 0.3 is 5.97 Å². The van der Waals surface area contributed by atoms with Crippen molar-refractivity contribution >= 4 is 5.97 Å². The molecule has 0 saturated heterocycles. The van der Waals surface area contributed by atoms with Crippen molar-refractivity contribution in [2.75, 3.05) is 21.3 Å². The average molecular weight is 500 g/mol. The van der Waals surface area contributed by atoms with Crippen molar-refractivity contribution in [3.8, 4) is 51.7 Å². The van der Waals surface area contributed by atoms with Gasteiger partial charge in [-0.05, 0) is 24.3 Å². The van der Waals surface area contributed by atoms with Gasteiger partial charge in [0.1, 0.15) is 23.4 Å². The van der Waals surface area contributed by atoms with E-state index in [2.05, 4.69) is 0 Å². The van der Waals surface area contributed by atoms with Gasteiger partial charge in [0.25, 0.3) is 0 Å². The molecule has 1 heterocycles. The number of carbonyl (C=O) groups is 1. The van der Waals surface area contributed by atoms with Crippen LogP contribution in [0.15, 0.2) is 36.4 Å². The Morgan fingerprint density at radius 2 is 1.44 bits per heavy atom. The molecule has 1 aliphatic rings. The van der Waals surface area contributed by atoms with Crippen LogP contribution >= 0.6 is 0 Å². The molecule has 190 valence electrons. The number of methoxy groups -OCH3 is 3. The fourth-order valence-corrected chi connectivity index (χ4v) is 4.03. The number of benzene rings is 3. The highest BCUT2D eigenvalue weighted by atomic mass is 16.6. The first kappa shape index (κ1) is 24.5. The Hall–Kier alpha value is -4.67. The van der Waals surface area contributed by atoms with Gasteiger partial charge in [-0.2, -0.15) is 0 Å². The molecule has 3 aromatic carbocycles. The maximum atomic E-state index is 13.2. The molecular weight excluding hydrogens is 476 g/mol. The fourth-order valence-electron chi connectivity index (χ4n) is 4.03. The van der Waals surface area contributed by atoms with Crippen LogP contribution in [0.2, 0.25) is 0 Å². The summed E-state index contributed by atoms with van der Waals surface area (Å²) in [5.74, 6) is -2.42. The molecule has 0 bridgehead atoms. The minimum absolute atomic E-state index is 0.0370. The monoisotopic (exact) mass is 500 g/mol. The van der Waals surface area contributed by atoms with Gasteiger partial charge in [0.2, 0.25) is 5.75 Å². The summed E-state index contributed by atoms with van der Waals surface area (Å²) in [4.78, 5) is 13.2. The molecule has 0 unspecified atom stereocenters. The Kier molecular flexibility index (Phi) is 6.47. The van der Waals surface area contributed by atoms with Gasteiger partial charge in [-0.25, -0.2) is 4.79 Å². The molecule has 1 aliphatic heterocycles. The van der Waals surface area contributed by atoms with E-state index in [1.807, 2.05) is 0 Å². The van der Waals surface area contributed by atoms with Crippen LogP contribution in [0.4, 0.5) is 0 Å². The van der Waals surface area contributed by atoms with Crippen LogP contribution in [0.3, 0.4) is 0 Å². The van der Waals surface area contributed by atoms with E-state index < -0.39 is 35.4 Å². The Morgan fingerprint density at radius 1 is 0.833 bits per heavy atom. The lowest BCUT2D eigenvalue weighted by atomic mass is 9.93. The quantitative estimate of drug-likeness (QED) is 0.249. The van der Waals surface area contributed by atoms with Crippen LogP contribution in [0.5, 0.6) is 51.7 Å². The lowest BCUT2D eigenvalue weighted by Gasteiger charge is -2.34. The molecule has 11 heteroatoms. The standard InChI is InChI=1S/C25H24O11/c1-32-19-6-12(7-20(33-2)24(19)34-3)25(31)36-21-10-14-15(27)8-13(26)9-18(14)35-23(21)11-4-16(28)22(30)17(29)5-11/h4-9,21,23,26-30H,10H2,1-3H3/t21-,23+/m1/s1. The van der Waals surface area contributed by atoms with E-state index in [4.69, 9.17) is 23.7 Å². The number of carbonyl (C=O) groups excluding carboxylic acids is 1. The number of aromatic hydroxyl groups is 5. The van der Waals surface area contributed by atoms with Crippen molar-refractivity contribution < 1.29 is 54.0 Å².